The maximum atomic E-state index is 12.0. The van der Waals surface area contributed by atoms with Gasteiger partial charge in [-0.15, -0.1) is 0 Å². The Morgan fingerprint density at radius 2 is 1.91 bits per heavy atom. The van der Waals surface area contributed by atoms with E-state index in [0.717, 1.165) is 0 Å². The highest BCUT2D eigenvalue weighted by Crippen LogP contribution is 2.19. The highest BCUT2D eigenvalue weighted by molar-refractivity contribution is 7.91. The average Bonchev–Trinajstić information content (AvgIpc) is 2.79. The highest BCUT2D eigenvalue weighted by Gasteiger charge is 2.35. The van der Waals surface area contributed by atoms with Gasteiger partial charge in [-0.25, -0.2) is 18.0 Å². The lowest BCUT2D eigenvalue weighted by Gasteiger charge is -2.27. The van der Waals surface area contributed by atoms with Crippen molar-refractivity contribution in [3.63, 3.8) is 0 Å². The molecule has 1 saturated heterocycles. The molecule has 0 spiro atoms. The van der Waals surface area contributed by atoms with E-state index < -0.39 is 22.0 Å². The topological polar surface area (TPSA) is 102 Å². The van der Waals surface area contributed by atoms with Gasteiger partial charge in [0.25, 0.3) is 0 Å². The van der Waals surface area contributed by atoms with Crippen LogP contribution >= 0.6 is 0 Å². The van der Waals surface area contributed by atoms with Gasteiger partial charge in [-0.05, 0) is 26.7 Å². The summed E-state index contributed by atoms with van der Waals surface area (Å²) in [6.07, 6.45) is -0.102. The third-order valence-electron chi connectivity index (χ3n) is 3.27. The molecule has 2 amide bonds. The number of carbonyl (C=O) groups is 2. The summed E-state index contributed by atoms with van der Waals surface area (Å²) in [7, 11) is -3.08. The number of hydrogen-bond acceptors (Lipinski definition) is 6. The second-order valence-corrected chi connectivity index (χ2v) is 7.18. The average molecular weight is 336 g/mol. The summed E-state index contributed by atoms with van der Waals surface area (Å²) >= 11 is 0. The van der Waals surface area contributed by atoms with Crippen LogP contribution in [0.4, 0.5) is 9.59 Å². The van der Waals surface area contributed by atoms with Gasteiger partial charge in [-0.3, -0.25) is 0 Å². The smallest absolute Gasteiger partial charge is 0.410 e. The normalized spacial score (nSPS) is 19.5. The SMILES string of the molecule is CCOC(=O)NCCCN(C(=O)OCC)C1CCS(=O)(=O)C1. The Hall–Kier alpha value is -1.51. The van der Waals surface area contributed by atoms with Crippen molar-refractivity contribution >= 4 is 22.0 Å². The van der Waals surface area contributed by atoms with E-state index in [1.54, 1.807) is 13.8 Å². The van der Waals surface area contributed by atoms with E-state index in [0.29, 0.717) is 32.5 Å². The minimum atomic E-state index is -3.08. The first kappa shape index (κ1) is 18.5. The fraction of sp³-hybridized carbons (Fsp3) is 0.846. The molecule has 0 aromatic carbocycles. The Kier molecular flexibility index (Phi) is 7.43. The zero-order valence-corrected chi connectivity index (χ0v) is 13.9. The Bertz CT molecular complexity index is 479. The molecule has 128 valence electrons. The summed E-state index contributed by atoms with van der Waals surface area (Å²) in [6, 6.07) is -0.355. The minimum absolute atomic E-state index is 0.0306. The Balaban J connectivity index is 2.49. The van der Waals surface area contributed by atoms with E-state index in [1.807, 2.05) is 0 Å². The van der Waals surface area contributed by atoms with Crippen LogP contribution in [0.5, 0.6) is 0 Å². The van der Waals surface area contributed by atoms with Crippen LogP contribution in [0, 0.1) is 0 Å². The van der Waals surface area contributed by atoms with Crippen LogP contribution in [-0.4, -0.2) is 69.4 Å². The third-order valence-corrected chi connectivity index (χ3v) is 5.02. The third kappa shape index (κ3) is 6.08. The molecule has 0 radical (unpaired) electrons. The summed E-state index contributed by atoms with van der Waals surface area (Å²) in [5, 5.41) is 2.56. The molecular weight excluding hydrogens is 312 g/mol. The molecule has 22 heavy (non-hydrogen) atoms. The molecule has 1 atom stereocenters. The van der Waals surface area contributed by atoms with Crippen LogP contribution in [0.1, 0.15) is 26.7 Å². The van der Waals surface area contributed by atoms with Crippen LogP contribution in [0.2, 0.25) is 0 Å². The molecule has 1 heterocycles. The molecular formula is C13H24N2O6S. The molecule has 0 saturated carbocycles. The summed E-state index contributed by atoms with van der Waals surface area (Å²) in [6.45, 7) is 4.60. The second kappa shape index (κ2) is 8.82. The number of amides is 2. The summed E-state index contributed by atoms with van der Waals surface area (Å²) in [4.78, 5) is 24.6. The van der Waals surface area contributed by atoms with Gasteiger partial charge in [-0.2, -0.15) is 0 Å². The number of carbonyl (C=O) groups excluding carboxylic acids is 2. The number of hydrogen-bond donors (Lipinski definition) is 1. The Morgan fingerprint density at radius 1 is 1.23 bits per heavy atom. The van der Waals surface area contributed by atoms with Gasteiger partial charge in [0.15, 0.2) is 9.84 Å². The molecule has 0 aromatic rings. The van der Waals surface area contributed by atoms with Crippen molar-refractivity contribution in [1.82, 2.24) is 10.2 Å². The highest BCUT2D eigenvalue weighted by atomic mass is 32.2. The molecule has 8 nitrogen and oxygen atoms in total. The van der Waals surface area contributed by atoms with E-state index in [2.05, 4.69) is 5.32 Å². The number of alkyl carbamates (subject to hydrolysis) is 1. The maximum absolute atomic E-state index is 12.0. The molecule has 1 rings (SSSR count). The van der Waals surface area contributed by atoms with Gasteiger partial charge < -0.3 is 19.7 Å². The van der Waals surface area contributed by atoms with Crippen LogP contribution in [0.3, 0.4) is 0 Å². The molecule has 9 heteroatoms. The lowest BCUT2D eigenvalue weighted by Crippen LogP contribution is -2.43. The van der Waals surface area contributed by atoms with Gasteiger partial charge >= 0.3 is 12.2 Å². The molecule has 0 bridgehead atoms. The van der Waals surface area contributed by atoms with Gasteiger partial charge in [0.2, 0.25) is 0 Å². The lowest BCUT2D eigenvalue weighted by atomic mass is 10.2. The maximum Gasteiger partial charge on any atom is 0.410 e. The number of nitrogens with one attached hydrogen (secondary N) is 1. The monoisotopic (exact) mass is 336 g/mol. The van der Waals surface area contributed by atoms with Crippen molar-refractivity contribution in [2.24, 2.45) is 0 Å². The van der Waals surface area contributed by atoms with Crippen molar-refractivity contribution in [3.8, 4) is 0 Å². The van der Waals surface area contributed by atoms with Crippen molar-refractivity contribution < 1.29 is 27.5 Å². The quantitative estimate of drug-likeness (QED) is 0.689. The van der Waals surface area contributed by atoms with E-state index in [9.17, 15) is 18.0 Å². The van der Waals surface area contributed by atoms with Gasteiger partial charge in [0, 0.05) is 19.1 Å². The minimum Gasteiger partial charge on any atom is -0.450 e. The van der Waals surface area contributed by atoms with Crippen LogP contribution < -0.4 is 5.32 Å². The predicted molar refractivity (Wildman–Crippen MR) is 80.4 cm³/mol. The van der Waals surface area contributed by atoms with Crippen LogP contribution in [0.15, 0.2) is 0 Å². The first-order valence-corrected chi connectivity index (χ1v) is 9.26. The lowest BCUT2D eigenvalue weighted by molar-refractivity contribution is 0.0935. The summed E-state index contributed by atoms with van der Waals surface area (Å²) < 4.78 is 32.8. The fourth-order valence-corrected chi connectivity index (χ4v) is 4.00. The summed E-state index contributed by atoms with van der Waals surface area (Å²) in [5.41, 5.74) is 0. The van der Waals surface area contributed by atoms with Crippen LogP contribution in [-0.2, 0) is 19.3 Å². The van der Waals surface area contributed by atoms with E-state index in [-0.39, 0.29) is 24.2 Å². The first-order chi connectivity index (χ1) is 10.4. The van der Waals surface area contributed by atoms with Gasteiger partial charge in [-0.1, -0.05) is 0 Å². The standard InChI is InChI=1S/C13H24N2O6S/c1-3-20-12(16)14-7-5-8-15(13(17)21-4-2)11-6-9-22(18,19)10-11/h11H,3-10H2,1-2H3,(H,14,16). The largest absolute Gasteiger partial charge is 0.450 e. The summed E-state index contributed by atoms with van der Waals surface area (Å²) in [5.74, 6) is 0.0613. The van der Waals surface area contributed by atoms with Crippen molar-refractivity contribution in [1.29, 1.82) is 0 Å². The Morgan fingerprint density at radius 3 is 2.45 bits per heavy atom. The second-order valence-electron chi connectivity index (χ2n) is 4.95. The molecule has 1 aliphatic rings. The fourth-order valence-electron chi connectivity index (χ4n) is 2.27. The molecule has 1 unspecified atom stereocenters. The van der Waals surface area contributed by atoms with Crippen molar-refractivity contribution in [3.05, 3.63) is 0 Å². The number of nitrogens with zero attached hydrogens (tertiary/aromatic N) is 1. The van der Waals surface area contributed by atoms with Crippen molar-refractivity contribution in [2.75, 3.05) is 37.8 Å². The molecule has 0 aliphatic carbocycles. The first-order valence-electron chi connectivity index (χ1n) is 7.44. The number of rotatable bonds is 7. The van der Waals surface area contributed by atoms with Gasteiger partial charge in [0.1, 0.15) is 0 Å². The molecule has 0 aromatic heterocycles. The number of sulfone groups is 1. The van der Waals surface area contributed by atoms with E-state index in [4.69, 9.17) is 9.47 Å². The predicted octanol–water partition coefficient (Wildman–Crippen LogP) is 0.768. The van der Waals surface area contributed by atoms with E-state index >= 15 is 0 Å². The van der Waals surface area contributed by atoms with Gasteiger partial charge in [0.05, 0.1) is 24.7 Å². The molecule has 1 fully saturated rings. The van der Waals surface area contributed by atoms with E-state index in [1.165, 1.54) is 4.90 Å². The molecule has 1 N–H and O–H groups in total. The zero-order chi connectivity index (χ0) is 16.6. The zero-order valence-electron chi connectivity index (χ0n) is 13.0. The molecule has 1 aliphatic heterocycles. The number of ether oxygens (including phenoxy) is 2. The van der Waals surface area contributed by atoms with Crippen molar-refractivity contribution in [2.45, 2.75) is 32.7 Å². The Labute approximate surface area is 131 Å². The van der Waals surface area contributed by atoms with Crippen LogP contribution in [0.25, 0.3) is 0 Å².